The number of carbonyl (C=O) groups excluding carboxylic acids is 1. The number of methoxy groups -OCH3 is 1. The summed E-state index contributed by atoms with van der Waals surface area (Å²) in [7, 11) is 1.62. The fourth-order valence-corrected chi connectivity index (χ4v) is 4.02. The van der Waals surface area contributed by atoms with Crippen molar-refractivity contribution in [2.75, 3.05) is 20.3 Å². The highest BCUT2D eigenvalue weighted by molar-refractivity contribution is 5.89. The molecule has 1 aliphatic heterocycles. The molecule has 6 nitrogen and oxygen atoms in total. The van der Waals surface area contributed by atoms with E-state index in [1.54, 1.807) is 26.3 Å². The van der Waals surface area contributed by atoms with Gasteiger partial charge in [0.05, 0.1) is 26.0 Å². The van der Waals surface area contributed by atoms with Crippen LogP contribution >= 0.6 is 0 Å². The Morgan fingerprint density at radius 2 is 1.90 bits per heavy atom. The second-order valence-electron chi connectivity index (χ2n) is 9.01. The number of rotatable bonds is 7. The Morgan fingerprint density at radius 1 is 1.16 bits per heavy atom. The highest BCUT2D eigenvalue weighted by Crippen LogP contribution is 2.45. The molecule has 1 aliphatic rings. The van der Waals surface area contributed by atoms with E-state index >= 15 is 0 Å². The number of aromatic nitrogens is 1. The molecule has 168 valence electrons. The summed E-state index contributed by atoms with van der Waals surface area (Å²) in [6.45, 7) is 11.2. The molecule has 2 heterocycles. The average Bonchev–Trinajstić information content (AvgIpc) is 2.71. The molecule has 2 aromatic rings. The van der Waals surface area contributed by atoms with Gasteiger partial charge in [-0.25, -0.2) is 4.79 Å². The number of hydrogen-bond acceptors (Lipinski definition) is 5. The SMILES string of the molecule is CCCCOc1cc2c(cc1OC)-c1cc(=O)c(C(=O)OCC)cn1C(C(C)(C)C)C2. The minimum absolute atomic E-state index is 0.0562. The third-order valence-electron chi connectivity index (χ3n) is 5.74. The van der Waals surface area contributed by atoms with Crippen LogP contribution < -0.4 is 14.9 Å². The molecule has 3 rings (SSSR count). The molecule has 0 aliphatic carbocycles. The molecule has 1 aromatic carbocycles. The predicted octanol–water partition coefficient (Wildman–Crippen LogP) is 5.02. The molecule has 1 atom stereocenters. The van der Waals surface area contributed by atoms with E-state index in [0.29, 0.717) is 12.4 Å². The number of hydrogen-bond donors (Lipinski definition) is 0. The van der Waals surface area contributed by atoms with Crippen LogP contribution in [0.4, 0.5) is 0 Å². The second-order valence-corrected chi connectivity index (χ2v) is 9.01. The van der Waals surface area contributed by atoms with Crippen molar-refractivity contribution in [3.8, 4) is 22.8 Å². The van der Waals surface area contributed by atoms with Crippen molar-refractivity contribution < 1.29 is 19.0 Å². The van der Waals surface area contributed by atoms with Gasteiger partial charge in [-0.3, -0.25) is 4.79 Å². The molecule has 1 unspecified atom stereocenters. The zero-order valence-electron chi connectivity index (χ0n) is 19.4. The third kappa shape index (κ3) is 4.63. The van der Waals surface area contributed by atoms with Crippen LogP contribution in [0.15, 0.2) is 29.2 Å². The van der Waals surface area contributed by atoms with Gasteiger partial charge in [-0.05, 0) is 42.9 Å². The number of benzene rings is 1. The summed E-state index contributed by atoms with van der Waals surface area (Å²) >= 11 is 0. The Labute approximate surface area is 184 Å². The summed E-state index contributed by atoms with van der Waals surface area (Å²) in [5.74, 6) is 0.775. The van der Waals surface area contributed by atoms with Crippen LogP contribution in [0.1, 0.15) is 69.4 Å². The van der Waals surface area contributed by atoms with Crippen LogP contribution in [-0.4, -0.2) is 30.9 Å². The molecule has 31 heavy (non-hydrogen) atoms. The fourth-order valence-electron chi connectivity index (χ4n) is 4.02. The van der Waals surface area contributed by atoms with Gasteiger partial charge in [-0.1, -0.05) is 34.1 Å². The highest BCUT2D eigenvalue weighted by atomic mass is 16.5. The number of ether oxygens (including phenoxy) is 3. The molecule has 0 bridgehead atoms. The molecule has 0 radical (unpaired) electrons. The molecular weight excluding hydrogens is 394 g/mol. The van der Waals surface area contributed by atoms with Crippen molar-refractivity contribution in [3.63, 3.8) is 0 Å². The second kappa shape index (κ2) is 9.16. The smallest absolute Gasteiger partial charge is 0.343 e. The van der Waals surface area contributed by atoms with Gasteiger partial charge in [-0.15, -0.1) is 0 Å². The maximum atomic E-state index is 12.8. The molecule has 1 aromatic heterocycles. The number of nitrogens with zero attached hydrogens (tertiary/aromatic N) is 1. The Hall–Kier alpha value is -2.76. The van der Waals surface area contributed by atoms with Crippen LogP contribution in [0, 0.1) is 5.41 Å². The van der Waals surface area contributed by atoms with Gasteiger partial charge in [0.2, 0.25) is 0 Å². The van der Waals surface area contributed by atoms with Crippen LogP contribution in [0.25, 0.3) is 11.3 Å². The maximum absolute atomic E-state index is 12.8. The zero-order chi connectivity index (χ0) is 22.8. The van der Waals surface area contributed by atoms with Gasteiger partial charge in [0.1, 0.15) is 5.56 Å². The first-order valence-electron chi connectivity index (χ1n) is 11.0. The topological polar surface area (TPSA) is 66.8 Å². The van der Waals surface area contributed by atoms with E-state index in [1.165, 1.54) is 0 Å². The number of carbonyl (C=O) groups is 1. The number of fused-ring (bicyclic) bond motifs is 3. The summed E-state index contributed by atoms with van der Waals surface area (Å²) in [4.78, 5) is 25.2. The summed E-state index contributed by atoms with van der Waals surface area (Å²) in [6, 6.07) is 5.57. The number of pyridine rings is 1. The predicted molar refractivity (Wildman–Crippen MR) is 121 cm³/mol. The minimum atomic E-state index is -0.585. The quantitative estimate of drug-likeness (QED) is 0.458. The van der Waals surface area contributed by atoms with E-state index < -0.39 is 5.97 Å². The third-order valence-corrected chi connectivity index (χ3v) is 5.74. The molecule has 0 fully saturated rings. The Bertz CT molecular complexity index is 1020. The summed E-state index contributed by atoms with van der Waals surface area (Å²) in [5.41, 5.74) is 2.43. The first kappa shape index (κ1) is 22.9. The summed E-state index contributed by atoms with van der Waals surface area (Å²) in [6.07, 6.45) is 4.44. The van der Waals surface area contributed by atoms with Crippen molar-refractivity contribution in [3.05, 3.63) is 45.7 Å². The largest absolute Gasteiger partial charge is 0.493 e. The maximum Gasteiger partial charge on any atom is 0.343 e. The molecule has 0 amide bonds. The van der Waals surface area contributed by atoms with E-state index in [9.17, 15) is 9.59 Å². The average molecular weight is 428 g/mol. The van der Waals surface area contributed by atoms with Crippen LogP contribution in [0.2, 0.25) is 0 Å². The summed E-state index contributed by atoms with van der Waals surface area (Å²) < 4.78 is 18.7. The first-order chi connectivity index (χ1) is 14.7. The van der Waals surface area contributed by atoms with Gasteiger partial charge in [0, 0.05) is 23.9 Å². The molecule has 0 spiro atoms. The molecule has 6 heteroatoms. The lowest BCUT2D eigenvalue weighted by atomic mass is 9.78. The first-order valence-corrected chi connectivity index (χ1v) is 11.0. The number of esters is 1. The monoisotopic (exact) mass is 427 g/mol. The Morgan fingerprint density at radius 3 is 2.52 bits per heavy atom. The molecule has 0 N–H and O–H groups in total. The number of unbranched alkanes of at least 4 members (excludes halogenated alkanes) is 1. The summed E-state index contributed by atoms with van der Waals surface area (Å²) in [5, 5.41) is 0. The van der Waals surface area contributed by atoms with Crippen LogP contribution in [-0.2, 0) is 11.2 Å². The van der Waals surface area contributed by atoms with Crippen molar-refractivity contribution >= 4 is 5.97 Å². The lowest BCUT2D eigenvalue weighted by molar-refractivity contribution is 0.0523. The van der Waals surface area contributed by atoms with E-state index in [4.69, 9.17) is 14.2 Å². The van der Waals surface area contributed by atoms with Crippen molar-refractivity contribution in [1.82, 2.24) is 4.57 Å². The van der Waals surface area contributed by atoms with Gasteiger partial charge < -0.3 is 18.8 Å². The standard InChI is InChI=1S/C25H33NO5/c1-7-9-10-31-22-11-16-12-23(25(3,4)5)26-15-18(24(28)30-8-2)20(27)14-19(26)17(16)13-21(22)29-6/h11,13-15,23H,7-10,12H2,1-6H3. The lowest BCUT2D eigenvalue weighted by Gasteiger charge is -2.39. The molecule has 0 saturated heterocycles. The van der Waals surface area contributed by atoms with Gasteiger partial charge >= 0.3 is 5.97 Å². The van der Waals surface area contributed by atoms with Crippen LogP contribution in [0.3, 0.4) is 0 Å². The van der Waals surface area contributed by atoms with Crippen molar-refractivity contribution in [1.29, 1.82) is 0 Å². The lowest BCUT2D eigenvalue weighted by Crippen LogP contribution is -2.33. The van der Waals surface area contributed by atoms with Gasteiger partial charge in [0.15, 0.2) is 16.9 Å². The fraction of sp³-hybridized carbons (Fsp3) is 0.520. The van der Waals surface area contributed by atoms with E-state index in [2.05, 4.69) is 27.7 Å². The van der Waals surface area contributed by atoms with E-state index in [1.807, 2.05) is 16.7 Å². The van der Waals surface area contributed by atoms with Gasteiger partial charge in [0.25, 0.3) is 0 Å². The minimum Gasteiger partial charge on any atom is -0.493 e. The normalized spacial score (nSPS) is 15.1. The zero-order valence-corrected chi connectivity index (χ0v) is 19.4. The van der Waals surface area contributed by atoms with Crippen molar-refractivity contribution in [2.24, 2.45) is 5.41 Å². The van der Waals surface area contributed by atoms with E-state index in [0.717, 1.165) is 41.8 Å². The molecular formula is C25H33NO5. The van der Waals surface area contributed by atoms with Gasteiger partial charge in [-0.2, -0.15) is 0 Å². The van der Waals surface area contributed by atoms with Crippen LogP contribution in [0.5, 0.6) is 11.5 Å². The van der Waals surface area contributed by atoms with Crippen molar-refractivity contribution in [2.45, 2.75) is 59.9 Å². The molecule has 0 saturated carbocycles. The highest BCUT2D eigenvalue weighted by Gasteiger charge is 2.34. The Kier molecular flexibility index (Phi) is 6.77. The Balaban J connectivity index is 2.18. The van der Waals surface area contributed by atoms with E-state index in [-0.39, 0.29) is 29.1 Å².